The number of carbonyl (C=O) groups is 5. The monoisotopic (exact) mass is 514 g/mol. The van der Waals surface area contributed by atoms with Crippen molar-refractivity contribution >= 4 is 29.5 Å². The van der Waals surface area contributed by atoms with Crippen LogP contribution in [0.15, 0.2) is 12.1 Å². The van der Waals surface area contributed by atoms with Crippen LogP contribution in [-0.4, -0.2) is 57.0 Å². The Labute approximate surface area is 215 Å². The van der Waals surface area contributed by atoms with Crippen molar-refractivity contribution in [3.05, 3.63) is 34.4 Å². The summed E-state index contributed by atoms with van der Waals surface area (Å²) in [6.07, 6.45) is 3.62. The molecule has 1 aromatic rings. The molecular formula is C28H34O9. The zero-order valence-corrected chi connectivity index (χ0v) is 21.0. The summed E-state index contributed by atoms with van der Waals surface area (Å²) in [5.41, 5.74) is 2.92. The summed E-state index contributed by atoms with van der Waals surface area (Å²) in [5, 5.41) is 29.4. The first-order valence-corrected chi connectivity index (χ1v) is 13.1. The molecule has 37 heavy (non-hydrogen) atoms. The molecule has 0 aliphatic heterocycles. The van der Waals surface area contributed by atoms with Gasteiger partial charge in [-0.25, -0.2) is 4.79 Å². The number of hydrogen-bond acceptors (Lipinski definition) is 7. The zero-order valence-electron chi connectivity index (χ0n) is 21.0. The second kappa shape index (κ2) is 11.1. The molecule has 0 amide bonds. The number of aliphatic hydroxyl groups excluding tert-OH is 1. The number of Topliss-reactive ketones (excluding diaryl/α,β-unsaturated/α-hetero) is 2. The molecule has 3 fully saturated rings. The van der Waals surface area contributed by atoms with Gasteiger partial charge in [-0.1, -0.05) is 17.7 Å². The molecule has 9 heteroatoms. The number of carboxylic acid groups (broad SMARTS) is 2. The molecule has 9 nitrogen and oxygen atoms in total. The highest BCUT2D eigenvalue weighted by molar-refractivity contribution is 6.14. The molecule has 3 N–H and O–H groups in total. The summed E-state index contributed by atoms with van der Waals surface area (Å²) in [6, 6.07) is 3.87. The summed E-state index contributed by atoms with van der Waals surface area (Å²) < 4.78 is 5.53. The van der Waals surface area contributed by atoms with Gasteiger partial charge >= 0.3 is 17.9 Å². The fraction of sp³-hybridized carbons (Fsp3) is 0.607. The third-order valence-electron chi connectivity index (χ3n) is 8.26. The van der Waals surface area contributed by atoms with Crippen LogP contribution >= 0.6 is 0 Å². The highest BCUT2D eigenvalue weighted by Gasteiger charge is 2.48. The Morgan fingerprint density at radius 1 is 0.784 bits per heavy atom. The van der Waals surface area contributed by atoms with Crippen molar-refractivity contribution in [1.29, 1.82) is 0 Å². The number of benzene rings is 1. The molecule has 2 atom stereocenters. The maximum atomic E-state index is 12.8. The molecule has 0 saturated heterocycles. The number of aromatic carboxylic acids is 1. The third kappa shape index (κ3) is 5.76. The first-order valence-electron chi connectivity index (χ1n) is 13.1. The molecule has 0 radical (unpaired) electrons. The van der Waals surface area contributed by atoms with E-state index in [-0.39, 0.29) is 30.8 Å². The van der Waals surface area contributed by atoms with Crippen molar-refractivity contribution in [2.75, 3.05) is 0 Å². The van der Waals surface area contributed by atoms with Gasteiger partial charge in [0.25, 0.3) is 0 Å². The average molecular weight is 515 g/mol. The predicted molar refractivity (Wildman–Crippen MR) is 130 cm³/mol. The van der Waals surface area contributed by atoms with E-state index in [0.717, 1.165) is 29.5 Å². The predicted octanol–water partition coefficient (Wildman–Crippen LogP) is 3.53. The van der Waals surface area contributed by atoms with Crippen LogP contribution in [-0.2, 0) is 23.9 Å². The molecule has 0 aromatic heterocycles. The summed E-state index contributed by atoms with van der Waals surface area (Å²) in [5.74, 6) is -7.91. The van der Waals surface area contributed by atoms with E-state index < -0.39 is 47.4 Å². The minimum Gasteiger partial charge on any atom is -0.481 e. The van der Waals surface area contributed by atoms with Gasteiger partial charge in [0, 0.05) is 12.8 Å². The topological polar surface area (TPSA) is 155 Å². The average Bonchev–Trinajstić information content (AvgIpc) is 2.85. The van der Waals surface area contributed by atoms with Crippen molar-refractivity contribution in [3.63, 3.8) is 0 Å². The second-order valence-electron chi connectivity index (χ2n) is 10.8. The lowest BCUT2D eigenvalue weighted by molar-refractivity contribution is -0.170. The van der Waals surface area contributed by atoms with Gasteiger partial charge in [0.05, 0.1) is 11.7 Å². The van der Waals surface area contributed by atoms with Crippen LogP contribution in [0.25, 0.3) is 0 Å². The van der Waals surface area contributed by atoms with Crippen molar-refractivity contribution in [1.82, 2.24) is 0 Å². The summed E-state index contributed by atoms with van der Waals surface area (Å²) >= 11 is 0. The summed E-state index contributed by atoms with van der Waals surface area (Å²) in [7, 11) is 0. The number of hydrogen-bond donors (Lipinski definition) is 3. The van der Waals surface area contributed by atoms with E-state index in [4.69, 9.17) is 4.74 Å². The number of aryl methyl sites for hydroxylation is 1. The molecule has 0 spiro atoms. The molecule has 0 bridgehead atoms. The highest BCUT2D eigenvalue weighted by Crippen LogP contribution is 2.42. The molecule has 0 heterocycles. The van der Waals surface area contributed by atoms with Gasteiger partial charge in [-0.15, -0.1) is 0 Å². The van der Waals surface area contributed by atoms with Gasteiger partial charge in [0.1, 0.15) is 29.5 Å². The van der Waals surface area contributed by atoms with Gasteiger partial charge in [-0.2, -0.15) is 0 Å². The number of ether oxygens (including phenoxy) is 1. The Morgan fingerprint density at radius 3 is 1.76 bits per heavy atom. The molecular weight excluding hydrogens is 480 g/mol. The number of aliphatic hydroxyl groups is 1. The lowest BCUT2D eigenvalue weighted by atomic mass is 9.75. The maximum Gasteiger partial charge on any atom is 0.336 e. The van der Waals surface area contributed by atoms with Gasteiger partial charge in [-0.05, 0) is 81.3 Å². The van der Waals surface area contributed by atoms with Crippen LogP contribution in [0.1, 0.15) is 103 Å². The van der Waals surface area contributed by atoms with E-state index in [1.54, 1.807) is 0 Å². The molecule has 200 valence electrons. The Morgan fingerprint density at radius 2 is 1.27 bits per heavy atom. The number of carboxylic acids is 2. The Balaban J connectivity index is 1.47. The zero-order chi connectivity index (χ0) is 26.9. The van der Waals surface area contributed by atoms with Crippen molar-refractivity contribution in [2.24, 2.45) is 11.8 Å². The van der Waals surface area contributed by atoms with Crippen LogP contribution < -0.4 is 0 Å². The van der Waals surface area contributed by atoms with Crippen LogP contribution in [0, 0.1) is 18.8 Å². The van der Waals surface area contributed by atoms with E-state index >= 15 is 0 Å². The highest BCUT2D eigenvalue weighted by atomic mass is 16.5. The summed E-state index contributed by atoms with van der Waals surface area (Å²) in [6.45, 7) is 1.95. The number of aliphatic carboxylic acids is 1. The fourth-order valence-corrected chi connectivity index (χ4v) is 6.33. The Bertz CT molecular complexity index is 1090. The number of carbonyl (C=O) groups excluding carboxylic acids is 3. The van der Waals surface area contributed by atoms with E-state index in [1.807, 2.05) is 19.1 Å². The summed E-state index contributed by atoms with van der Waals surface area (Å²) in [4.78, 5) is 61.1. The van der Waals surface area contributed by atoms with Gasteiger partial charge in [0.2, 0.25) is 0 Å². The standard InChI is InChI=1S/C28H34O9/c1-14-12-19(15-2-6-17(29)7-3-15)23(26(32)33)20(13-14)16-4-8-18(9-5-16)37-28(36)25-22(31)11-10-21(30)24(25)27(34)35/h12-13,15-18,24-25,29H,2-11H2,1H3,(H,32,33)(H,34,35). The minimum atomic E-state index is -1.70. The maximum absolute atomic E-state index is 12.8. The van der Waals surface area contributed by atoms with E-state index in [1.165, 1.54) is 0 Å². The first-order chi connectivity index (χ1) is 17.6. The quantitative estimate of drug-likeness (QED) is 0.382. The lowest BCUT2D eigenvalue weighted by Gasteiger charge is -2.33. The molecule has 3 saturated carbocycles. The van der Waals surface area contributed by atoms with Gasteiger partial charge < -0.3 is 20.1 Å². The number of ketones is 2. The number of esters is 1. The molecule has 1 aromatic carbocycles. The Hall–Kier alpha value is -3.07. The molecule has 2 unspecified atom stereocenters. The van der Waals surface area contributed by atoms with Crippen LogP contribution in [0.3, 0.4) is 0 Å². The Kier molecular flexibility index (Phi) is 8.11. The third-order valence-corrected chi connectivity index (χ3v) is 8.26. The van der Waals surface area contributed by atoms with Crippen molar-refractivity contribution < 1.29 is 44.0 Å². The van der Waals surface area contributed by atoms with Crippen molar-refractivity contribution in [3.8, 4) is 0 Å². The first kappa shape index (κ1) is 27.0. The number of rotatable bonds is 6. The normalized spacial score (nSPS) is 30.5. The molecule has 3 aliphatic rings. The van der Waals surface area contributed by atoms with E-state index in [9.17, 15) is 39.3 Å². The molecule has 3 aliphatic carbocycles. The molecule has 4 rings (SSSR count). The largest absolute Gasteiger partial charge is 0.481 e. The van der Waals surface area contributed by atoms with E-state index in [2.05, 4.69) is 0 Å². The van der Waals surface area contributed by atoms with Crippen LogP contribution in [0.2, 0.25) is 0 Å². The van der Waals surface area contributed by atoms with Crippen LogP contribution in [0.5, 0.6) is 0 Å². The fourth-order valence-electron chi connectivity index (χ4n) is 6.33. The van der Waals surface area contributed by atoms with E-state index in [0.29, 0.717) is 44.1 Å². The van der Waals surface area contributed by atoms with Gasteiger partial charge in [-0.3, -0.25) is 19.2 Å². The second-order valence-corrected chi connectivity index (χ2v) is 10.8. The minimum absolute atomic E-state index is 0.0430. The smallest absolute Gasteiger partial charge is 0.336 e. The van der Waals surface area contributed by atoms with Crippen molar-refractivity contribution in [2.45, 2.75) is 95.2 Å². The lowest BCUT2D eigenvalue weighted by Crippen LogP contribution is -2.46. The van der Waals surface area contributed by atoms with Crippen LogP contribution in [0.4, 0.5) is 0 Å². The SMILES string of the molecule is Cc1cc(C2CCC(O)CC2)c(C(=O)O)c(C2CCC(OC(=O)C3C(=O)CCC(=O)C3C(=O)O)CC2)c1. The van der Waals surface area contributed by atoms with Gasteiger partial charge in [0.15, 0.2) is 0 Å².